The Morgan fingerprint density at radius 3 is 2.30 bits per heavy atom. The van der Waals surface area contributed by atoms with Crippen molar-refractivity contribution in [3.8, 4) is 6.07 Å². The first-order valence-electron chi connectivity index (χ1n) is 9.68. The molecule has 0 fully saturated rings. The fourth-order valence-electron chi connectivity index (χ4n) is 3.07. The molecule has 0 saturated heterocycles. The molecule has 1 amide bonds. The van der Waals surface area contributed by atoms with Gasteiger partial charge in [-0.05, 0) is 48.0 Å². The molecule has 1 atom stereocenters. The largest absolute Gasteiger partial charge is 0.417 e. The van der Waals surface area contributed by atoms with Gasteiger partial charge >= 0.3 is 6.18 Å². The minimum absolute atomic E-state index is 0.101. The highest BCUT2D eigenvalue weighted by Crippen LogP contribution is 2.34. The van der Waals surface area contributed by atoms with Crippen molar-refractivity contribution in [1.29, 1.82) is 5.26 Å². The van der Waals surface area contributed by atoms with Gasteiger partial charge in [-0.2, -0.15) is 18.4 Å². The predicted molar refractivity (Wildman–Crippen MR) is 117 cm³/mol. The Bertz CT molecular complexity index is 1160. The fraction of sp³-hybridized carbons (Fsp3) is 0.167. The van der Waals surface area contributed by atoms with Gasteiger partial charge in [-0.15, -0.1) is 11.8 Å². The highest BCUT2D eigenvalue weighted by Gasteiger charge is 2.38. The lowest BCUT2D eigenvalue weighted by Crippen LogP contribution is -2.47. The number of nitriles is 1. The number of nitrogens with one attached hydrogen (secondary N) is 1. The molecule has 9 heteroatoms. The van der Waals surface area contributed by atoms with Gasteiger partial charge in [-0.25, -0.2) is 4.39 Å². The molecule has 0 spiro atoms. The molecule has 3 aromatic carbocycles. The van der Waals surface area contributed by atoms with Gasteiger partial charge in [0.25, 0.3) is 5.91 Å². The van der Waals surface area contributed by atoms with Crippen LogP contribution in [0.4, 0.5) is 23.2 Å². The maximum absolute atomic E-state index is 13.3. The summed E-state index contributed by atoms with van der Waals surface area (Å²) in [5.41, 5.74) is -3.32. The Balaban J connectivity index is 1.87. The number of anilines is 1. The Morgan fingerprint density at radius 1 is 1.03 bits per heavy atom. The number of carbonyl (C=O) groups excluding carboxylic acids is 1. The van der Waals surface area contributed by atoms with E-state index in [1.54, 1.807) is 30.3 Å². The summed E-state index contributed by atoms with van der Waals surface area (Å²) in [4.78, 5) is 13.7. The number of hydrogen-bond donors (Lipinski definition) is 2. The summed E-state index contributed by atoms with van der Waals surface area (Å²) in [6.07, 6.45) is -4.89. The van der Waals surface area contributed by atoms with Crippen molar-refractivity contribution in [2.24, 2.45) is 0 Å². The Kier molecular flexibility index (Phi) is 7.41. The molecule has 4 nitrogen and oxygen atoms in total. The third-order valence-corrected chi connectivity index (χ3v) is 5.98. The molecule has 0 unspecified atom stereocenters. The molecular formula is C24H18F4N2O2S. The minimum atomic E-state index is -4.79. The van der Waals surface area contributed by atoms with Gasteiger partial charge in [-0.1, -0.05) is 30.3 Å². The van der Waals surface area contributed by atoms with Crippen molar-refractivity contribution < 1.29 is 27.5 Å². The summed E-state index contributed by atoms with van der Waals surface area (Å²) < 4.78 is 53.0. The average Bonchev–Trinajstić information content (AvgIpc) is 2.79. The van der Waals surface area contributed by atoms with E-state index in [1.807, 2.05) is 0 Å². The maximum atomic E-state index is 13.3. The molecule has 0 aliphatic rings. The molecule has 0 aromatic heterocycles. The van der Waals surface area contributed by atoms with E-state index in [9.17, 15) is 27.5 Å². The zero-order chi connectivity index (χ0) is 24.1. The van der Waals surface area contributed by atoms with Gasteiger partial charge in [0.05, 0.1) is 17.2 Å². The van der Waals surface area contributed by atoms with Gasteiger partial charge < -0.3 is 10.4 Å². The van der Waals surface area contributed by atoms with Crippen LogP contribution in [0.3, 0.4) is 0 Å². The van der Waals surface area contributed by atoms with Crippen LogP contribution >= 0.6 is 11.8 Å². The molecule has 33 heavy (non-hydrogen) atoms. The van der Waals surface area contributed by atoms with E-state index in [0.29, 0.717) is 16.5 Å². The zero-order valence-electron chi connectivity index (χ0n) is 17.1. The van der Waals surface area contributed by atoms with E-state index >= 15 is 0 Å². The van der Waals surface area contributed by atoms with Crippen LogP contribution in [0.25, 0.3) is 0 Å². The van der Waals surface area contributed by atoms with Crippen LogP contribution in [0.15, 0.2) is 77.7 Å². The Labute approximate surface area is 191 Å². The first-order valence-corrected chi connectivity index (χ1v) is 10.7. The molecule has 0 aliphatic carbocycles. The second-order valence-corrected chi connectivity index (χ2v) is 8.31. The summed E-state index contributed by atoms with van der Waals surface area (Å²) in [6.45, 7) is 0. The summed E-state index contributed by atoms with van der Waals surface area (Å²) in [7, 11) is 0. The van der Waals surface area contributed by atoms with Crippen LogP contribution < -0.4 is 5.32 Å². The Morgan fingerprint density at radius 2 is 1.70 bits per heavy atom. The van der Waals surface area contributed by atoms with Crippen LogP contribution in [0, 0.1) is 17.1 Å². The van der Waals surface area contributed by atoms with Gasteiger partial charge in [-0.3, -0.25) is 4.79 Å². The van der Waals surface area contributed by atoms with Crippen molar-refractivity contribution in [2.45, 2.75) is 23.1 Å². The molecular weight excluding hydrogens is 456 g/mol. The average molecular weight is 474 g/mol. The topological polar surface area (TPSA) is 73.1 Å². The second kappa shape index (κ2) is 10.1. The van der Waals surface area contributed by atoms with Crippen molar-refractivity contribution in [2.75, 3.05) is 11.1 Å². The number of amides is 1. The van der Waals surface area contributed by atoms with Gasteiger partial charge in [0.1, 0.15) is 5.82 Å². The Hall–Kier alpha value is -3.35. The molecule has 3 aromatic rings. The standard InChI is InChI=1S/C24H18F4N2O2S/c25-18-7-10-20(11-8-18)33-15-23(32,13-16-4-2-1-3-5-16)22(31)30-19-9-6-17(14-29)21(12-19)24(26,27)28/h1-12,32H,13,15H2,(H,30,31)/t23-/m0/s1. The lowest BCUT2D eigenvalue weighted by Gasteiger charge is -2.27. The van der Waals surface area contributed by atoms with Crippen LogP contribution in [0.1, 0.15) is 16.7 Å². The molecule has 0 bridgehead atoms. The third kappa shape index (κ3) is 6.34. The third-order valence-electron chi connectivity index (χ3n) is 4.76. The number of alkyl halides is 3. The molecule has 0 heterocycles. The van der Waals surface area contributed by atoms with Crippen molar-refractivity contribution in [1.82, 2.24) is 0 Å². The summed E-state index contributed by atoms with van der Waals surface area (Å²) >= 11 is 1.11. The highest BCUT2D eigenvalue weighted by atomic mass is 32.2. The number of thioether (sulfide) groups is 1. The first kappa shape index (κ1) is 24.3. The number of nitrogens with zero attached hydrogens (tertiary/aromatic N) is 1. The van der Waals surface area contributed by atoms with Crippen LogP contribution in [0.2, 0.25) is 0 Å². The second-order valence-electron chi connectivity index (χ2n) is 7.26. The summed E-state index contributed by atoms with van der Waals surface area (Å²) in [5.74, 6) is -1.47. The molecule has 3 rings (SSSR count). The van der Waals surface area contributed by atoms with E-state index in [1.165, 1.54) is 36.4 Å². The van der Waals surface area contributed by atoms with Gasteiger partial charge in [0.15, 0.2) is 5.60 Å². The highest BCUT2D eigenvalue weighted by molar-refractivity contribution is 7.99. The minimum Gasteiger partial charge on any atom is -0.379 e. The lowest BCUT2D eigenvalue weighted by atomic mass is 9.95. The predicted octanol–water partition coefficient (Wildman–Crippen LogP) is 5.42. The number of hydrogen-bond acceptors (Lipinski definition) is 4. The van der Waals surface area contributed by atoms with Crippen LogP contribution in [-0.4, -0.2) is 22.4 Å². The molecule has 0 radical (unpaired) electrons. The number of aliphatic hydroxyl groups is 1. The number of benzene rings is 3. The zero-order valence-corrected chi connectivity index (χ0v) is 17.9. The van der Waals surface area contributed by atoms with Crippen LogP contribution in [-0.2, 0) is 17.4 Å². The van der Waals surface area contributed by atoms with Crippen molar-refractivity contribution in [3.63, 3.8) is 0 Å². The molecule has 170 valence electrons. The lowest BCUT2D eigenvalue weighted by molar-refractivity contribution is -0.138. The van der Waals surface area contributed by atoms with E-state index < -0.39 is 34.6 Å². The van der Waals surface area contributed by atoms with E-state index in [4.69, 9.17) is 5.26 Å². The number of rotatable bonds is 7. The normalized spacial score (nSPS) is 13.1. The molecule has 0 aliphatic heterocycles. The maximum Gasteiger partial charge on any atom is 0.417 e. The fourth-order valence-corrected chi connectivity index (χ4v) is 4.03. The molecule has 2 N–H and O–H groups in total. The summed E-state index contributed by atoms with van der Waals surface area (Å²) in [5, 5.41) is 22.5. The van der Waals surface area contributed by atoms with E-state index in [2.05, 4.69) is 5.32 Å². The summed E-state index contributed by atoms with van der Waals surface area (Å²) in [6, 6.07) is 18.4. The number of carbonyl (C=O) groups is 1. The van der Waals surface area contributed by atoms with Gasteiger partial charge in [0, 0.05) is 22.8 Å². The van der Waals surface area contributed by atoms with Crippen molar-refractivity contribution in [3.05, 3.63) is 95.3 Å². The quantitative estimate of drug-likeness (QED) is 0.354. The SMILES string of the molecule is N#Cc1ccc(NC(=O)[C@@](O)(CSc2ccc(F)cc2)Cc2ccccc2)cc1C(F)(F)F. The first-order chi connectivity index (χ1) is 15.6. The van der Waals surface area contributed by atoms with Crippen molar-refractivity contribution >= 4 is 23.4 Å². The van der Waals surface area contributed by atoms with E-state index in [0.717, 1.165) is 17.8 Å². The molecule has 0 saturated carbocycles. The van der Waals surface area contributed by atoms with E-state index in [-0.39, 0.29) is 17.9 Å². The monoisotopic (exact) mass is 474 g/mol. The number of halogens is 4. The van der Waals surface area contributed by atoms with Gasteiger partial charge in [0.2, 0.25) is 0 Å². The van der Waals surface area contributed by atoms with Crippen LogP contribution in [0.5, 0.6) is 0 Å². The smallest absolute Gasteiger partial charge is 0.379 e.